The van der Waals surface area contributed by atoms with Gasteiger partial charge in [-0.15, -0.1) is 0 Å². The number of methoxy groups -OCH3 is 1. The Labute approximate surface area is 137 Å². The molecule has 1 aliphatic rings. The summed E-state index contributed by atoms with van der Waals surface area (Å²) < 4.78 is 5.13. The topological polar surface area (TPSA) is 41.6 Å². The summed E-state index contributed by atoms with van der Waals surface area (Å²) >= 11 is 0. The lowest BCUT2D eigenvalue weighted by atomic mass is 9.99. The lowest BCUT2D eigenvalue weighted by Crippen LogP contribution is -2.44. The Balaban J connectivity index is 1.63. The summed E-state index contributed by atoms with van der Waals surface area (Å²) in [5.41, 5.74) is 3.51. The van der Waals surface area contributed by atoms with Gasteiger partial charge in [-0.3, -0.25) is 9.69 Å². The SMILES string of the molecule is COc1ccc(NC(=O)[C@H](C)N2CCc3ccccc3C2)cc1. The summed E-state index contributed by atoms with van der Waals surface area (Å²) in [4.78, 5) is 14.7. The molecule has 1 N–H and O–H groups in total. The number of rotatable bonds is 4. The minimum absolute atomic E-state index is 0.0227. The summed E-state index contributed by atoms with van der Waals surface area (Å²) in [7, 11) is 1.63. The van der Waals surface area contributed by atoms with E-state index in [0.29, 0.717) is 0 Å². The molecule has 2 aromatic rings. The lowest BCUT2D eigenvalue weighted by molar-refractivity contribution is -0.121. The molecular weight excluding hydrogens is 288 g/mol. The second-order valence-corrected chi connectivity index (χ2v) is 5.88. The average molecular weight is 310 g/mol. The average Bonchev–Trinajstić information content (AvgIpc) is 2.61. The number of carbonyl (C=O) groups is 1. The standard InChI is InChI=1S/C19H22N2O2/c1-14(19(22)20-17-7-9-18(23-2)10-8-17)21-12-11-15-5-3-4-6-16(15)13-21/h3-10,14H,11-13H2,1-2H3,(H,20,22)/t14-/m0/s1. The fraction of sp³-hybridized carbons (Fsp3) is 0.316. The van der Waals surface area contributed by atoms with Crippen molar-refractivity contribution in [2.75, 3.05) is 19.0 Å². The molecule has 1 amide bonds. The predicted octanol–water partition coefficient (Wildman–Crippen LogP) is 3.08. The van der Waals surface area contributed by atoms with Gasteiger partial charge in [0.05, 0.1) is 13.2 Å². The Hall–Kier alpha value is -2.33. The molecule has 0 saturated heterocycles. The maximum absolute atomic E-state index is 12.5. The summed E-state index contributed by atoms with van der Waals surface area (Å²) in [6.07, 6.45) is 0.996. The fourth-order valence-corrected chi connectivity index (χ4v) is 2.94. The van der Waals surface area contributed by atoms with Gasteiger partial charge in [-0.1, -0.05) is 24.3 Å². The van der Waals surface area contributed by atoms with Crippen LogP contribution >= 0.6 is 0 Å². The molecule has 0 aromatic heterocycles. The number of amides is 1. The molecule has 2 aromatic carbocycles. The van der Waals surface area contributed by atoms with Gasteiger partial charge < -0.3 is 10.1 Å². The molecule has 3 rings (SSSR count). The molecule has 23 heavy (non-hydrogen) atoms. The van der Waals surface area contributed by atoms with Crippen molar-refractivity contribution in [3.63, 3.8) is 0 Å². The van der Waals surface area contributed by atoms with Crippen LogP contribution in [-0.4, -0.2) is 30.5 Å². The van der Waals surface area contributed by atoms with Gasteiger partial charge in [-0.05, 0) is 48.7 Å². The lowest BCUT2D eigenvalue weighted by Gasteiger charge is -2.32. The van der Waals surface area contributed by atoms with E-state index in [1.54, 1.807) is 7.11 Å². The van der Waals surface area contributed by atoms with E-state index in [1.807, 2.05) is 31.2 Å². The highest BCUT2D eigenvalue weighted by Crippen LogP contribution is 2.21. The Morgan fingerprint density at radius 2 is 1.83 bits per heavy atom. The molecule has 0 unspecified atom stereocenters. The third-order valence-corrected chi connectivity index (χ3v) is 4.44. The first-order valence-electron chi connectivity index (χ1n) is 7.93. The van der Waals surface area contributed by atoms with Gasteiger partial charge in [0.1, 0.15) is 5.75 Å². The molecule has 0 aliphatic carbocycles. The molecule has 4 nitrogen and oxygen atoms in total. The second kappa shape index (κ2) is 6.84. The molecule has 0 saturated carbocycles. The van der Waals surface area contributed by atoms with Gasteiger partial charge in [-0.25, -0.2) is 0 Å². The van der Waals surface area contributed by atoms with Crippen LogP contribution in [0.3, 0.4) is 0 Å². The molecule has 1 aliphatic heterocycles. The number of hydrogen-bond donors (Lipinski definition) is 1. The molecular formula is C19H22N2O2. The minimum atomic E-state index is -0.162. The van der Waals surface area contributed by atoms with Crippen LogP contribution < -0.4 is 10.1 Å². The number of ether oxygens (including phenoxy) is 1. The third-order valence-electron chi connectivity index (χ3n) is 4.44. The maximum atomic E-state index is 12.5. The van der Waals surface area contributed by atoms with Gasteiger partial charge in [0.25, 0.3) is 0 Å². The largest absolute Gasteiger partial charge is 0.497 e. The van der Waals surface area contributed by atoms with E-state index in [2.05, 4.69) is 34.5 Å². The van der Waals surface area contributed by atoms with E-state index in [0.717, 1.165) is 30.9 Å². The Morgan fingerprint density at radius 3 is 2.52 bits per heavy atom. The second-order valence-electron chi connectivity index (χ2n) is 5.88. The molecule has 1 heterocycles. The molecule has 0 radical (unpaired) electrons. The van der Waals surface area contributed by atoms with Crippen molar-refractivity contribution in [2.45, 2.75) is 25.9 Å². The quantitative estimate of drug-likeness (QED) is 0.943. The number of anilines is 1. The van der Waals surface area contributed by atoms with Crippen molar-refractivity contribution in [1.82, 2.24) is 4.90 Å². The van der Waals surface area contributed by atoms with Crippen LogP contribution in [0.1, 0.15) is 18.1 Å². The summed E-state index contributed by atoms with van der Waals surface area (Å²) in [5.74, 6) is 0.804. The zero-order chi connectivity index (χ0) is 16.2. The normalized spacial score (nSPS) is 15.6. The smallest absolute Gasteiger partial charge is 0.241 e. The number of hydrogen-bond acceptors (Lipinski definition) is 3. The van der Waals surface area contributed by atoms with Crippen molar-refractivity contribution >= 4 is 11.6 Å². The van der Waals surface area contributed by atoms with Gasteiger partial charge >= 0.3 is 0 Å². The van der Waals surface area contributed by atoms with Gasteiger partial charge in [-0.2, -0.15) is 0 Å². The zero-order valence-corrected chi connectivity index (χ0v) is 13.6. The Morgan fingerprint density at radius 1 is 1.13 bits per heavy atom. The highest BCUT2D eigenvalue weighted by atomic mass is 16.5. The number of nitrogens with one attached hydrogen (secondary N) is 1. The zero-order valence-electron chi connectivity index (χ0n) is 13.6. The fourth-order valence-electron chi connectivity index (χ4n) is 2.94. The van der Waals surface area contributed by atoms with Crippen LogP contribution in [0.15, 0.2) is 48.5 Å². The van der Waals surface area contributed by atoms with Gasteiger partial charge in [0.15, 0.2) is 0 Å². The van der Waals surface area contributed by atoms with Crippen molar-refractivity contribution in [1.29, 1.82) is 0 Å². The molecule has 0 spiro atoms. The Kier molecular flexibility index (Phi) is 4.63. The van der Waals surface area contributed by atoms with Crippen LogP contribution in [0.2, 0.25) is 0 Å². The van der Waals surface area contributed by atoms with E-state index < -0.39 is 0 Å². The van der Waals surface area contributed by atoms with Gasteiger partial charge in [0.2, 0.25) is 5.91 Å². The summed E-state index contributed by atoms with van der Waals surface area (Å²) in [5, 5.41) is 2.98. The predicted molar refractivity (Wildman–Crippen MR) is 91.6 cm³/mol. The number of benzene rings is 2. The van der Waals surface area contributed by atoms with Crippen molar-refractivity contribution < 1.29 is 9.53 Å². The number of fused-ring (bicyclic) bond motifs is 1. The summed E-state index contributed by atoms with van der Waals surface area (Å²) in [6.45, 7) is 3.70. The molecule has 0 bridgehead atoms. The first kappa shape index (κ1) is 15.6. The van der Waals surface area contributed by atoms with Crippen LogP contribution in [0.4, 0.5) is 5.69 Å². The third kappa shape index (κ3) is 3.54. The van der Waals surface area contributed by atoms with Crippen molar-refractivity contribution in [3.05, 3.63) is 59.7 Å². The van der Waals surface area contributed by atoms with Crippen LogP contribution in [0, 0.1) is 0 Å². The minimum Gasteiger partial charge on any atom is -0.497 e. The van der Waals surface area contributed by atoms with E-state index in [1.165, 1.54) is 11.1 Å². The van der Waals surface area contributed by atoms with E-state index in [4.69, 9.17) is 4.74 Å². The van der Waals surface area contributed by atoms with E-state index in [-0.39, 0.29) is 11.9 Å². The Bertz CT molecular complexity index is 682. The summed E-state index contributed by atoms with van der Waals surface area (Å²) in [6, 6.07) is 15.7. The molecule has 120 valence electrons. The number of nitrogens with zero attached hydrogens (tertiary/aromatic N) is 1. The van der Waals surface area contributed by atoms with Crippen molar-refractivity contribution in [3.8, 4) is 5.75 Å². The molecule has 1 atom stereocenters. The van der Waals surface area contributed by atoms with E-state index >= 15 is 0 Å². The van der Waals surface area contributed by atoms with Crippen LogP contribution in [0.5, 0.6) is 5.75 Å². The van der Waals surface area contributed by atoms with Crippen LogP contribution in [-0.2, 0) is 17.8 Å². The van der Waals surface area contributed by atoms with E-state index in [9.17, 15) is 4.79 Å². The first-order valence-corrected chi connectivity index (χ1v) is 7.93. The number of carbonyl (C=O) groups excluding carboxylic acids is 1. The molecule has 4 heteroatoms. The van der Waals surface area contributed by atoms with Crippen molar-refractivity contribution in [2.24, 2.45) is 0 Å². The monoisotopic (exact) mass is 310 g/mol. The first-order chi connectivity index (χ1) is 11.2. The highest BCUT2D eigenvalue weighted by molar-refractivity contribution is 5.94. The highest BCUT2D eigenvalue weighted by Gasteiger charge is 2.25. The molecule has 0 fully saturated rings. The van der Waals surface area contributed by atoms with Gasteiger partial charge in [0, 0.05) is 18.8 Å². The maximum Gasteiger partial charge on any atom is 0.241 e. The van der Waals surface area contributed by atoms with Crippen LogP contribution in [0.25, 0.3) is 0 Å².